The third-order valence-corrected chi connectivity index (χ3v) is 4.10. The molecule has 7 heteroatoms. The Balaban J connectivity index is 3.04. The van der Waals surface area contributed by atoms with E-state index in [1.807, 2.05) is 26.8 Å². The number of ketones is 1. The summed E-state index contributed by atoms with van der Waals surface area (Å²) in [5, 5.41) is 19.7. The molecule has 1 saturated heterocycles. The minimum absolute atomic E-state index is 0.103. The van der Waals surface area contributed by atoms with Crippen molar-refractivity contribution >= 4 is 11.8 Å². The summed E-state index contributed by atoms with van der Waals surface area (Å²) in [6, 6.07) is 0. The lowest BCUT2D eigenvalue weighted by Gasteiger charge is -2.45. The molecule has 0 unspecified atom stereocenters. The second kappa shape index (κ2) is 8.61. The van der Waals surface area contributed by atoms with E-state index in [1.54, 1.807) is 19.9 Å². The summed E-state index contributed by atoms with van der Waals surface area (Å²) in [5.74, 6) is -3.37. The third-order valence-electron chi connectivity index (χ3n) is 4.10. The molecule has 0 saturated carbocycles. The van der Waals surface area contributed by atoms with Crippen LogP contribution in [0.15, 0.2) is 12.2 Å². The van der Waals surface area contributed by atoms with Gasteiger partial charge in [-0.25, -0.2) is 0 Å². The van der Waals surface area contributed by atoms with Crippen LogP contribution in [0.4, 0.5) is 0 Å². The molecular formula is C19H32O7. The lowest BCUT2D eigenvalue weighted by atomic mass is 9.91. The van der Waals surface area contributed by atoms with Gasteiger partial charge in [0.1, 0.15) is 24.4 Å². The lowest BCUT2D eigenvalue weighted by molar-refractivity contribution is -0.334. The maximum absolute atomic E-state index is 12.5. The molecule has 0 bridgehead atoms. The number of rotatable bonds is 7. The fourth-order valence-corrected chi connectivity index (χ4v) is 2.74. The highest BCUT2D eigenvalue weighted by Gasteiger charge is 2.47. The van der Waals surface area contributed by atoms with Crippen LogP contribution in [0.2, 0.25) is 0 Å². The third kappa shape index (κ3) is 6.46. The molecular weight excluding hydrogens is 340 g/mol. The van der Waals surface area contributed by atoms with Crippen molar-refractivity contribution in [3.63, 3.8) is 0 Å². The van der Waals surface area contributed by atoms with Crippen LogP contribution >= 0.6 is 0 Å². The van der Waals surface area contributed by atoms with Gasteiger partial charge in [0.05, 0.1) is 5.92 Å². The van der Waals surface area contributed by atoms with Crippen molar-refractivity contribution in [2.75, 3.05) is 7.11 Å². The van der Waals surface area contributed by atoms with E-state index in [4.69, 9.17) is 19.3 Å². The number of methoxy groups -OCH3 is 1. The number of carbonyl (C=O) groups is 2. The van der Waals surface area contributed by atoms with Crippen LogP contribution < -0.4 is 0 Å². The van der Waals surface area contributed by atoms with Crippen molar-refractivity contribution < 1.29 is 34.0 Å². The fourth-order valence-electron chi connectivity index (χ4n) is 2.74. The molecule has 0 aromatic carbocycles. The Morgan fingerprint density at radius 2 is 1.85 bits per heavy atom. The van der Waals surface area contributed by atoms with Crippen LogP contribution in [0.3, 0.4) is 0 Å². The molecule has 0 aromatic heterocycles. The summed E-state index contributed by atoms with van der Waals surface area (Å²) in [5.41, 5.74) is -0.103. The SMILES string of the molecule is CO[C@@H](C(=O)C[C@@H](C)C(=O)O)[C@@H]1OC(C)(C)O[C@H](/C=C/C(C)(C)C)[C@@H]1O. The van der Waals surface area contributed by atoms with Crippen molar-refractivity contribution in [1.82, 2.24) is 0 Å². The number of aliphatic hydroxyl groups is 1. The molecule has 1 rings (SSSR count). The molecule has 5 atom stereocenters. The average Bonchev–Trinajstić information content (AvgIpc) is 2.48. The molecule has 1 aliphatic rings. The summed E-state index contributed by atoms with van der Waals surface area (Å²) < 4.78 is 16.8. The highest BCUT2D eigenvalue weighted by molar-refractivity contribution is 5.87. The first-order valence-corrected chi connectivity index (χ1v) is 8.79. The zero-order chi connectivity index (χ0) is 20.3. The lowest BCUT2D eigenvalue weighted by Crippen LogP contribution is -2.59. The minimum Gasteiger partial charge on any atom is -0.481 e. The van der Waals surface area contributed by atoms with E-state index in [0.717, 1.165) is 0 Å². The van der Waals surface area contributed by atoms with Gasteiger partial charge >= 0.3 is 5.97 Å². The van der Waals surface area contributed by atoms with Gasteiger partial charge in [-0.05, 0) is 19.3 Å². The van der Waals surface area contributed by atoms with Gasteiger partial charge in [-0.15, -0.1) is 0 Å². The molecule has 1 heterocycles. The molecule has 26 heavy (non-hydrogen) atoms. The number of allylic oxidation sites excluding steroid dienone is 1. The number of carbonyl (C=O) groups excluding carboxylic acids is 1. The maximum atomic E-state index is 12.5. The van der Waals surface area contributed by atoms with Crippen LogP contribution in [-0.4, -0.2) is 59.3 Å². The Hall–Kier alpha value is -1.28. The van der Waals surface area contributed by atoms with Gasteiger partial charge < -0.3 is 24.4 Å². The van der Waals surface area contributed by atoms with E-state index in [1.165, 1.54) is 14.0 Å². The largest absolute Gasteiger partial charge is 0.481 e. The van der Waals surface area contributed by atoms with Crippen molar-refractivity contribution in [2.24, 2.45) is 11.3 Å². The quantitative estimate of drug-likeness (QED) is 0.660. The van der Waals surface area contributed by atoms with Gasteiger partial charge in [-0.1, -0.05) is 39.8 Å². The Bertz CT molecular complexity index is 532. The standard InChI is InChI=1S/C19H32O7/c1-11(17(22)23)10-12(20)15(24-7)16-14(21)13(8-9-18(2,3)4)25-19(5,6)26-16/h8-9,11,13-16,21H,10H2,1-7H3,(H,22,23)/b9-8+/t11-,13-,14+,15+,16-/m1/s1. The van der Waals surface area contributed by atoms with E-state index in [0.29, 0.717) is 0 Å². The van der Waals surface area contributed by atoms with Gasteiger partial charge in [-0.2, -0.15) is 0 Å². The molecule has 0 aliphatic carbocycles. The monoisotopic (exact) mass is 372 g/mol. The first kappa shape index (κ1) is 22.8. The van der Waals surface area contributed by atoms with Crippen LogP contribution in [0.1, 0.15) is 48.0 Å². The number of ether oxygens (including phenoxy) is 3. The van der Waals surface area contributed by atoms with Gasteiger partial charge in [0.25, 0.3) is 0 Å². The number of hydrogen-bond acceptors (Lipinski definition) is 6. The zero-order valence-corrected chi connectivity index (χ0v) is 16.7. The molecule has 0 aromatic rings. The number of hydrogen-bond donors (Lipinski definition) is 2. The molecule has 2 N–H and O–H groups in total. The van der Waals surface area contributed by atoms with Crippen LogP contribution in [0, 0.1) is 11.3 Å². The summed E-state index contributed by atoms with van der Waals surface area (Å²) in [6.45, 7) is 10.9. The van der Waals surface area contributed by atoms with E-state index in [2.05, 4.69) is 0 Å². The Morgan fingerprint density at radius 3 is 2.31 bits per heavy atom. The number of aliphatic carboxylic acids is 1. The van der Waals surface area contributed by atoms with E-state index >= 15 is 0 Å². The highest BCUT2D eigenvalue weighted by atomic mass is 16.7. The van der Waals surface area contributed by atoms with E-state index < -0.39 is 47.9 Å². The number of carboxylic acids is 1. The Morgan fingerprint density at radius 1 is 1.27 bits per heavy atom. The van der Waals surface area contributed by atoms with Gasteiger partial charge in [0.15, 0.2) is 11.6 Å². The summed E-state index contributed by atoms with van der Waals surface area (Å²) in [6.07, 6.45) is -0.369. The summed E-state index contributed by atoms with van der Waals surface area (Å²) in [4.78, 5) is 23.5. The smallest absolute Gasteiger partial charge is 0.306 e. The molecule has 1 aliphatic heterocycles. The number of Topliss-reactive ketones (excluding diaryl/α,β-unsaturated/α-hetero) is 1. The number of carboxylic acid groups (broad SMARTS) is 1. The first-order valence-electron chi connectivity index (χ1n) is 8.79. The second-order valence-electron chi connectivity index (χ2n) is 8.35. The van der Waals surface area contributed by atoms with Gasteiger partial charge in [0.2, 0.25) is 0 Å². The predicted molar refractivity (Wildman–Crippen MR) is 95.6 cm³/mol. The normalized spacial score (nSPS) is 28.7. The van der Waals surface area contributed by atoms with Crippen LogP contribution in [-0.2, 0) is 23.8 Å². The van der Waals surface area contributed by atoms with E-state index in [-0.39, 0.29) is 11.8 Å². The van der Waals surface area contributed by atoms with Gasteiger partial charge in [-0.3, -0.25) is 9.59 Å². The highest BCUT2D eigenvalue weighted by Crippen LogP contribution is 2.32. The molecule has 0 amide bonds. The maximum Gasteiger partial charge on any atom is 0.306 e. The fraction of sp³-hybridized carbons (Fsp3) is 0.789. The first-order chi connectivity index (χ1) is 11.8. The van der Waals surface area contributed by atoms with E-state index in [9.17, 15) is 14.7 Å². The Labute approximate surface area is 155 Å². The molecule has 1 fully saturated rings. The Kier molecular flexibility index (Phi) is 7.53. The van der Waals surface area contributed by atoms with Crippen molar-refractivity contribution in [2.45, 2.75) is 78.2 Å². The summed E-state index contributed by atoms with van der Waals surface area (Å²) >= 11 is 0. The topological polar surface area (TPSA) is 102 Å². The van der Waals surface area contributed by atoms with Crippen LogP contribution in [0.5, 0.6) is 0 Å². The molecule has 0 spiro atoms. The zero-order valence-electron chi connectivity index (χ0n) is 16.7. The van der Waals surface area contributed by atoms with Crippen molar-refractivity contribution in [1.29, 1.82) is 0 Å². The van der Waals surface area contributed by atoms with Crippen molar-refractivity contribution in [3.05, 3.63) is 12.2 Å². The predicted octanol–water partition coefficient (Wildman–Crippen LogP) is 2.16. The number of aliphatic hydroxyl groups excluding tert-OH is 1. The minimum atomic E-state index is -1.13. The molecule has 0 radical (unpaired) electrons. The van der Waals surface area contributed by atoms with Crippen molar-refractivity contribution in [3.8, 4) is 0 Å². The molecule has 150 valence electrons. The van der Waals surface area contributed by atoms with Crippen LogP contribution in [0.25, 0.3) is 0 Å². The second-order valence-corrected chi connectivity index (χ2v) is 8.35. The summed E-state index contributed by atoms with van der Waals surface area (Å²) in [7, 11) is 1.34. The molecule has 7 nitrogen and oxygen atoms in total. The van der Waals surface area contributed by atoms with Gasteiger partial charge in [0, 0.05) is 13.5 Å². The average molecular weight is 372 g/mol.